The third kappa shape index (κ3) is 3.74. The number of sulfonamides is 1. The Bertz CT molecular complexity index is 597. The molecule has 0 N–H and O–H groups in total. The van der Waals surface area contributed by atoms with Gasteiger partial charge in [-0.1, -0.05) is 0 Å². The second kappa shape index (κ2) is 6.92. The fourth-order valence-corrected chi connectivity index (χ4v) is 3.98. The summed E-state index contributed by atoms with van der Waals surface area (Å²) in [5, 5.41) is 8.70. The number of ether oxygens (including phenoxy) is 1. The Hall–Kier alpha value is -1.58. The summed E-state index contributed by atoms with van der Waals surface area (Å²) in [6, 6.07) is 8.69. The number of nitrogens with zero attached hydrogens (tertiary/aromatic N) is 2. The largest absolute Gasteiger partial charge is 0.494 e. The molecule has 1 aliphatic rings. The highest BCUT2D eigenvalue weighted by Gasteiger charge is 2.29. The standard InChI is InChI=1S/C15H20N2O3S/c1-2-20-14-3-5-15(6-4-14)21(18,19)17-11-8-13(7-10-16)9-12-17/h3-6,13H,2,7-9,11-12H2,1H3. The molecule has 0 radical (unpaired) electrons. The van der Waals surface area contributed by atoms with Gasteiger partial charge in [-0.05, 0) is 49.9 Å². The zero-order chi connectivity index (χ0) is 15.3. The maximum absolute atomic E-state index is 12.5. The van der Waals surface area contributed by atoms with Crippen LogP contribution in [0.15, 0.2) is 29.2 Å². The third-order valence-corrected chi connectivity index (χ3v) is 5.64. The van der Waals surface area contributed by atoms with Gasteiger partial charge >= 0.3 is 0 Å². The fraction of sp³-hybridized carbons (Fsp3) is 0.533. The predicted octanol–water partition coefficient (Wildman–Crippen LogP) is 2.40. The van der Waals surface area contributed by atoms with Crippen LogP contribution in [0.1, 0.15) is 26.2 Å². The molecule has 1 aromatic rings. The van der Waals surface area contributed by atoms with Gasteiger partial charge in [-0.15, -0.1) is 0 Å². The van der Waals surface area contributed by atoms with Crippen LogP contribution in [-0.2, 0) is 10.0 Å². The van der Waals surface area contributed by atoms with E-state index < -0.39 is 10.0 Å². The quantitative estimate of drug-likeness (QED) is 0.837. The third-order valence-electron chi connectivity index (χ3n) is 3.73. The maximum Gasteiger partial charge on any atom is 0.243 e. The van der Waals surface area contributed by atoms with Gasteiger partial charge in [0, 0.05) is 19.5 Å². The van der Waals surface area contributed by atoms with Crippen LogP contribution in [0.25, 0.3) is 0 Å². The second-order valence-corrected chi connectivity index (χ2v) is 7.05. The Balaban J connectivity index is 2.07. The van der Waals surface area contributed by atoms with Gasteiger partial charge in [0.2, 0.25) is 10.0 Å². The first-order valence-electron chi connectivity index (χ1n) is 7.18. The number of benzene rings is 1. The highest BCUT2D eigenvalue weighted by molar-refractivity contribution is 7.89. The summed E-state index contributed by atoms with van der Waals surface area (Å²) in [4.78, 5) is 0.296. The van der Waals surface area contributed by atoms with E-state index >= 15 is 0 Å². The van der Waals surface area contributed by atoms with E-state index in [9.17, 15) is 8.42 Å². The van der Waals surface area contributed by atoms with Crippen molar-refractivity contribution in [1.82, 2.24) is 4.31 Å². The van der Waals surface area contributed by atoms with Crippen LogP contribution in [0.2, 0.25) is 0 Å². The lowest BCUT2D eigenvalue weighted by Gasteiger charge is -2.30. The molecule has 0 spiro atoms. The van der Waals surface area contributed by atoms with Gasteiger partial charge in [-0.3, -0.25) is 0 Å². The van der Waals surface area contributed by atoms with Crippen LogP contribution in [0, 0.1) is 17.2 Å². The molecule has 0 atom stereocenters. The van der Waals surface area contributed by atoms with Gasteiger partial charge in [-0.2, -0.15) is 9.57 Å². The van der Waals surface area contributed by atoms with Gasteiger partial charge in [0.15, 0.2) is 0 Å². The van der Waals surface area contributed by atoms with Crippen molar-refractivity contribution in [1.29, 1.82) is 5.26 Å². The molecule has 0 unspecified atom stereocenters. The Morgan fingerprint density at radius 2 is 1.90 bits per heavy atom. The van der Waals surface area contributed by atoms with E-state index in [1.807, 2.05) is 6.92 Å². The van der Waals surface area contributed by atoms with Crippen LogP contribution in [0.5, 0.6) is 5.75 Å². The van der Waals surface area contributed by atoms with Crippen molar-refractivity contribution in [2.45, 2.75) is 31.1 Å². The van der Waals surface area contributed by atoms with Crippen molar-refractivity contribution >= 4 is 10.0 Å². The molecule has 1 aromatic carbocycles. The fourth-order valence-electron chi connectivity index (χ4n) is 2.51. The zero-order valence-corrected chi connectivity index (χ0v) is 13.0. The highest BCUT2D eigenvalue weighted by atomic mass is 32.2. The minimum atomic E-state index is -3.44. The maximum atomic E-state index is 12.5. The first-order valence-corrected chi connectivity index (χ1v) is 8.62. The van der Waals surface area contributed by atoms with E-state index in [1.165, 1.54) is 4.31 Å². The van der Waals surface area contributed by atoms with Gasteiger partial charge in [0.05, 0.1) is 17.6 Å². The molecular formula is C15H20N2O3S. The van der Waals surface area contributed by atoms with Crippen LogP contribution in [-0.4, -0.2) is 32.4 Å². The van der Waals surface area contributed by atoms with Crippen molar-refractivity contribution < 1.29 is 13.2 Å². The highest BCUT2D eigenvalue weighted by Crippen LogP contribution is 2.26. The molecule has 1 aliphatic heterocycles. The smallest absolute Gasteiger partial charge is 0.243 e. The van der Waals surface area contributed by atoms with Crippen molar-refractivity contribution in [2.75, 3.05) is 19.7 Å². The van der Waals surface area contributed by atoms with Gasteiger partial charge in [0.25, 0.3) is 0 Å². The summed E-state index contributed by atoms with van der Waals surface area (Å²) in [5.74, 6) is 0.992. The molecule has 21 heavy (non-hydrogen) atoms. The van der Waals surface area contributed by atoms with Gasteiger partial charge in [-0.25, -0.2) is 8.42 Å². The summed E-state index contributed by atoms with van der Waals surface area (Å²) in [6.07, 6.45) is 2.02. The first kappa shape index (κ1) is 15.8. The van der Waals surface area contributed by atoms with Crippen LogP contribution in [0.4, 0.5) is 0 Å². The van der Waals surface area contributed by atoms with E-state index in [0.717, 1.165) is 12.8 Å². The topological polar surface area (TPSA) is 70.4 Å². The number of nitriles is 1. The van der Waals surface area contributed by atoms with Crippen LogP contribution in [0.3, 0.4) is 0 Å². The van der Waals surface area contributed by atoms with Gasteiger partial charge in [0.1, 0.15) is 5.75 Å². The first-order chi connectivity index (χ1) is 10.1. The molecule has 5 nitrogen and oxygen atoms in total. The number of rotatable bonds is 5. The molecule has 1 saturated heterocycles. The lowest BCUT2D eigenvalue weighted by molar-refractivity contribution is 0.276. The van der Waals surface area contributed by atoms with Crippen molar-refractivity contribution in [3.05, 3.63) is 24.3 Å². The predicted molar refractivity (Wildman–Crippen MR) is 79.3 cm³/mol. The molecule has 2 rings (SSSR count). The summed E-state index contributed by atoms with van der Waals surface area (Å²) in [5.41, 5.74) is 0. The summed E-state index contributed by atoms with van der Waals surface area (Å²) in [6.45, 7) is 3.42. The molecular weight excluding hydrogens is 288 g/mol. The van der Waals surface area contributed by atoms with Gasteiger partial charge < -0.3 is 4.74 Å². The lowest BCUT2D eigenvalue weighted by atomic mass is 9.95. The molecule has 1 fully saturated rings. The monoisotopic (exact) mass is 308 g/mol. The summed E-state index contributed by atoms with van der Waals surface area (Å²) >= 11 is 0. The normalized spacial score (nSPS) is 17.3. The van der Waals surface area contributed by atoms with E-state index in [0.29, 0.717) is 42.7 Å². The molecule has 114 valence electrons. The molecule has 0 aliphatic carbocycles. The average molecular weight is 308 g/mol. The minimum Gasteiger partial charge on any atom is -0.494 e. The van der Waals surface area contributed by atoms with Crippen molar-refractivity contribution in [2.24, 2.45) is 5.92 Å². The Morgan fingerprint density at radius 1 is 1.29 bits per heavy atom. The molecule has 1 heterocycles. The summed E-state index contributed by atoms with van der Waals surface area (Å²) < 4.78 is 31.9. The number of hydrogen-bond donors (Lipinski definition) is 0. The number of hydrogen-bond acceptors (Lipinski definition) is 4. The van der Waals surface area contributed by atoms with E-state index in [1.54, 1.807) is 24.3 Å². The van der Waals surface area contributed by atoms with Crippen molar-refractivity contribution in [3.8, 4) is 11.8 Å². The Kier molecular flexibility index (Phi) is 5.21. The number of piperidine rings is 1. The Labute approximate surface area is 126 Å². The van der Waals surface area contributed by atoms with E-state index in [2.05, 4.69) is 6.07 Å². The zero-order valence-electron chi connectivity index (χ0n) is 12.2. The lowest BCUT2D eigenvalue weighted by Crippen LogP contribution is -2.38. The van der Waals surface area contributed by atoms with Crippen LogP contribution >= 0.6 is 0 Å². The molecule has 0 bridgehead atoms. The minimum absolute atomic E-state index is 0.296. The van der Waals surface area contributed by atoms with E-state index in [-0.39, 0.29) is 0 Å². The molecule has 0 aromatic heterocycles. The molecule has 6 heteroatoms. The van der Waals surface area contributed by atoms with Crippen molar-refractivity contribution in [3.63, 3.8) is 0 Å². The second-order valence-electron chi connectivity index (χ2n) is 5.11. The van der Waals surface area contributed by atoms with E-state index in [4.69, 9.17) is 10.00 Å². The SMILES string of the molecule is CCOc1ccc(S(=O)(=O)N2CCC(CC#N)CC2)cc1. The molecule has 0 saturated carbocycles. The summed E-state index contributed by atoms with van der Waals surface area (Å²) in [7, 11) is -3.44. The van der Waals surface area contributed by atoms with Crippen LogP contribution < -0.4 is 4.74 Å². The molecule has 0 amide bonds. The Morgan fingerprint density at radius 3 is 2.43 bits per heavy atom. The average Bonchev–Trinajstić information content (AvgIpc) is 2.49.